The van der Waals surface area contributed by atoms with E-state index in [2.05, 4.69) is 6.92 Å². The summed E-state index contributed by atoms with van der Waals surface area (Å²) in [5.74, 6) is 1.49. The maximum atomic E-state index is 12.8. The molecule has 1 fully saturated rings. The lowest BCUT2D eigenvalue weighted by molar-refractivity contribution is -0.134. The summed E-state index contributed by atoms with van der Waals surface area (Å²) < 4.78 is 0. The van der Waals surface area contributed by atoms with Gasteiger partial charge in [0.25, 0.3) is 0 Å². The summed E-state index contributed by atoms with van der Waals surface area (Å²) in [6.07, 6.45) is 0.223. The molecule has 0 N–H and O–H groups in total. The summed E-state index contributed by atoms with van der Waals surface area (Å²) in [6.45, 7) is 2.79. The Bertz CT molecular complexity index is 620. The van der Waals surface area contributed by atoms with Crippen molar-refractivity contribution in [2.45, 2.75) is 25.3 Å². The quantitative estimate of drug-likeness (QED) is 0.781. The molecule has 3 nitrogen and oxygen atoms in total. The van der Waals surface area contributed by atoms with Crippen LogP contribution in [0.3, 0.4) is 0 Å². The molecule has 2 aliphatic rings. The second-order valence-electron chi connectivity index (χ2n) is 5.49. The van der Waals surface area contributed by atoms with Crippen LogP contribution in [0.2, 0.25) is 10.0 Å². The second kappa shape index (κ2) is 5.82. The van der Waals surface area contributed by atoms with Crippen molar-refractivity contribution in [1.82, 2.24) is 4.90 Å². The highest BCUT2D eigenvalue weighted by molar-refractivity contribution is 7.99. The van der Waals surface area contributed by atoms with Crippen LogP contribution in [0.4, 0.5) is 0 Å². The van der Waals surface area contributed by atoms with E-state index in [0.717, 1.165) is 23.6 Å². The van der Waals surface area contributed by atoms with Crippen LogP contribution >= 0.6 is 35.0 Å². The molecule has 1 aliphatic carbocycles. The van der Waals surface area contributed by atoms with Gasteiger partial charge in [0, 0.05) is 36.1 Å². The third-order valence-corrected chi connectivity index (χ3v) is 6.02. The number of Topliss-reactive ketones (excluding diaryl/α,β-unsaturated/α-hetero) is 1. The molecular formula is C15H15Cl2NO2S. The van der Waals surface area contributed by atoms with Crippen LogP contribution in [0, 0.1) is 0 Å². The summed E-state index contributed by atoms with van der Waals surface area (Å²) in [5.41, 5.74) is 1.27. The first-order valence-electron chi connectivity index (χ1n) is 6.89. The van der Waals surface area contributed by atoms with Crippen LogP contribution in [-0.4, -0.2) is 40.7 Å². The average molecular weight is 344 g/mol. The third kappa shape index (κ3) is 2.69. The number of carbonyl (C=O) groups is 2. The number of hydrogen-bond donors (Lipinski definition) is 0. The molecule has 21 heavy (non-hydrogen) atoms. The van der Waals surface area contributed by atoms with Gasteiger partial charge in [-0.3, -0.25) is 9.59 Å². The Morgan fingerprint density at radius 3 is 2.76 bits per heavy atom. The van der Waals surface area contributed by atoms with E-state index < -0.39 is 5.92 Å². The molecule has 1 aromatic carbocycles. The fourth-order valence-corrected chi connectivity index (χ4v) is 4.32. The first kappa shape index (κ1) is 15.2. The molecule has 112 valence electrons. The van der Waals surface area contributed by atoms with Gasteiger partial charge in [-0.1, -0.05) is 23.2 Å². The van der Waals surface area contributed by atoms with Crippen molar-refractivity contribution in [3.63, 3.8) is 0 Å². The number of nitrogens with zero attached hydrogens (tertiary/aromatic N) is 1. The minimum Gasteiger partial charge on any atom is -0.338 e. The highest BCUT2D eigenvalue weighted by atomic mass is 35.5. The SMILES string of the molecule is CC1CSCCN1C(=O)C1CC(=O)c2cc(Cl)c(Cl)cc21. The van der Waals surface area contributed by atoms with Gasteiger partial charge in [0.2, 0.25) is 5.91 Å². The van der Waals surface area contributed by atoms with E-state index in [9.17, 15) is 9.59 Å². The smallest absolute Gasteiger partial charge is 0.230 e. The van der Waals surface area contributed by atoms with E-state index in [4.69, 9.17) is 23.2 Å². The molecule has 0 spiro atoms. The number of ketones is 1. The van der Waals surface area contributed by atoms with Gasteiger partial charge in [0.15, 0.2) is 5.78 Å². The van der Waals surface area contributed by atoms with Crippen molar-refractivity contribution >= 4 is 46.7 Å². The topological polar surface area (TPSA) is 37.4 Å². The lowest BCUT2D eigenvalue weighted by Gasteiger charge is -2.35. The molecule has 1 heterocycles. The fourth-order valence-electron chi connectivity index (χ4n) is 2.97. The fraction of sp³-hybridized carbons (Fsp3) is 0.467. The van der Waals surface area contributed by atoms with Gasteiger partial charge in [-0.15, -0.1) is 0 Å². The molecule has 2 atom stereocenters. The van der Waals surface area contributed by atoms with Gasteiger partial charge in [0.05, 0.1) is 16.0 Å². The van der Waals surface area contributed by atoms with Gasteiger partial charge in [-0.25, -0.2) is 0 Å². The maximum Gasteiger partial charge on any atom is 0.230 e. The molecule has 0 bridgehead atoms. The molecule has 1 aliphatic heterocycles. The van der Waals surface area contributed by atoms with Crippen molar-refractivity contribution in [1.29, 1.82) is 0 Å². The van der Waals surface area contributed by atoms with Crippen LogP contribution in [0.5, 0.6) is 0 Å². The molecule has 1 saturated heterocycles. The van der Waals surface area contributed by atoms with Crippen LogP contribution in [0.15, 0.2) is 12.1 Å². The number of hydrogen-bond acceptors (Lipinski definition) is 3. The van der Waals surface area contributed by atoms with E-state index >= 15 is 0 Å². The Labute approximate surface area is 138 Å². The number of benzene rings is 1. The summed E-state index contributed by atoms with van der Waals surface area (Å²) in [4.78, 5) is 26.8. The molecular weight excluding hydrogens is 329 g/mol. The zero-order valence-corrected chi connectivity index (χ0v) is 13.9. The Kier molecular flexibility index (Phi) is 4.21. The molecule has 0 saturated carbocycles. The minimum atomic E-state index is -0.409. The lowest BCUT2D eigenvalue weighted by atomic mass is 9.99. The van der Waals surface area contributed by atoms with Gasteiger partial charge < -0.3 is 4.90 Å². The van der Waals surface area contributed by atoms with Crippen LogP contribution in [0.1, 0.15) is 35.2 Å². The summed E-state index contributed by atoms with van der Waals surface area (Å²) in [6, 6.07) is 3.47. The van der Waals surface area contributed by atoms with E-state index in [1.54, 1.807) is 12.1 Å². The Morgan fingerprint density at radius 1 is 1.33 bits per heavy atom. The van der Waals surface area contributed by atoms with Crippen molar-refractivity contribution in [3.05, 3.63) is 33.3 Å². The van der Waals surface area contributed by atoms with Gasteiger partial charge in [-0.05, 0) is 24.6 Å². The average Bonchev–Trinajstić information content (AvgIpc) is 2.76. The molecule has 0 aromatic heterocycles. The van der Waals surface area contributed by atoms with Crippen molar-refractivity contribution in [3.8, 4) is 0 Å². The summed E-state index contributed by atoms with van der Waals surface area (Å²) >= 11 is 13.9. The highest BCUT2D eigenvalue weighted by Gasteiger charge is 2.38. The zero-order chi connectivity index (χ0) is 15.1. The number of thioether (sulfide) groups is 1. The molecule has 1 aromatic rings. The Balaban J connectivity index is 1.93. The van der Waals surface area contributed by atoms with Crippen molar-refractivity contribution < 1.29 is 9.59 Å². The third-order valence-electron chi connectivity index (χ3n) is 4.11. The summed E-state index contributed by atoms with van der Waals surface area (Å²) in [5, 5.41) is 0.754. The Hall–Kier alpha value is -0.710. The van der Waals surface area contributed by atoms with Crippen LogP contribution in [-0.2, 0) is 4.79 Å². The molecule has 6 heteroatoms. The number of carbonyl (C=O) groups excluding carboxylic acids is 2. The van der Waals surface area contributed by atoms with E-state index in [1.807, 2.05) is 16.7 Å². The minimum absolute atomic E-state index is 0.0269. The second-order valence-corrected chi connectivity index (χ2v) is 7.45. The van der Waals surface area contributed by atoms with E-state index in [1.165, 1.54) is 0 Å². The molecule has 0 radical (unpaired) electrons. The molecule has 2 unspecified atom stereocenters. The lowest BCUT2D eigenvalue weighted by Crippen LogP contribution is -2.46. The predicted octanol–water partition coefficient (Wildman–Crippen LogP) is 3.63. The van der Waals surface area contributed by atoms with Crippen LogP contribution in [0.25, 0.3) is 0 Å². The van der Waals surface area contributed by atoms with E-state index in [0.29, 0.717) is 15.6 Å². The first-order valence-corrected chi connectivity index (χ1v) is 8.80. The van der Waals surface area contributed by atoms with Gasteiger partial charge in [0.1, 0.15) is 0 Å². The van der Waals surface area contributed by atoms with Gasteiger partial charge >= 0.3 is 0 Å². The Morgan fingerprint density at radius 2 is 2.05 bits per heavy atom. The number of halogens is 2. The first-order chi connectivity index (χ1) is 9.99. The molecule has 3 rings (SSSR count). The highest BCUT2D eigenvalue weighted by Crippen LogP contribution is 2.39. The largest absolute Gasteiger partial charge is 0.338 e. The van der Waals surface area contributed by atoms with Crippen LogP contribution < -0.4 is 0 Å². The van der Waals surface area contributed by atoms with E-state index in [-0.39, 0.29) is 24.2 Å². The zero-order valence-electron chi connectivity index (χ0n) is 11.6. The number of fused-ring (bicyclic) bond motifs is 1. The monoisotopic (exact) mass is 343 g/mol. The number of rotatable bonds is 1. The van der Waals surface area contributed by atoms with Gasteiger partial charge in [-0.2, -0.15) is 11.8 Å². The van der Waals surface area contributed by atoms with Crippen molar-refractivity contribution in [2.24, 2.45) is 0 Å². The number of amides is 1. The maximum absolute atomic E-state index is 12.8. The van der Waals surface area contributed by atoms with Crippen molar-refractivity contribution in [2.75, 3.05) is 18.1 Å². The predicted molar refractivity (Wildman–Crippen MR) is 86.7 cm³/mol. The standard InChI is InChI=1S/C15H15Cl2NO2S/c1-8-7-21-3-2-18(8)15(20)11-6-14(19)10-5-13(17)12(16)4-9(10)11/h4-5,8,11H,2-3,6-7H2,1H3. The normalized spacial score (nSPS) is 25.1. The summed E-state index contributed by atoms with van der Waals surface area (Å²) in [7, 11) is 0. The molecule has 1 amide bonds.